The van der Waals surface area contributed by atoms with E-state index in [1.807, 2.05) is 0 Å². The minimum Gasteiger partial charge on any atom is -0.315 e. The first-order valence-corrected chi connectivity index (χ1v) is 7.34. The van der Waals surface area contributed by atoms with Crippen LogP contribution in [0, 0.1) is 22.7 Å². The van der Waals surface area contributed by atoms with E-state index >= 15 is 0 Å². The van der Waals surface area contributed by atoms with Gasteiger partial charge in [-0.1, -0.05) is 20.8 Å². The van der Waals surface area contributed by atoms with Crippen LogP contribution in [0.5, 0.6) is 0 Å². The van der Waals surface area contributed by atoms with Crippen molar-refractivity contribution >= 4 is 0 Å². The molecule has 0 aromatic carbocycles. The lowest BCUT2D eigenvalue weighted by Gasteiger charge is -2.49. The Morgan fingerprint density at radius 3 is 2.67 bits per heavy atom. The van der Waals surface area contributed by atoms with Gasteiger partial charge in [0.05, 0.1) is 6.07 Å². The summed E-state index contributed by atoms with van der Waals surface area (Å²) in [6, 6.07) is 2.70. The van der Waals surface area contributed by atoms with Crippen LogP contribution in [0.25, 0.3) is 0 Å². The summed E-state index contributed by atoms with van der Waals surface area (Å²) < 4.78 is 0. The number of hydrogen-bond donors (Lipinski definition) is 1. The van der Waals surface area contributed by atoms with E-state index in [1.54, 1.807) is 0 Å². The van der Waals surface area contributed by atoms with Crippen LogP contribution in [-0.2, 0) is 0 Å². The first-order chi connectivity index (χ1) is 8.47. The molecule has 1 saturated heterocycles. The summed E-state index contributed by atoms with van der Waals surface area (Å²) in [4.78, 5) is 2.46. The van der Waals surface area contributed by atoms with Crippen molar-refractivity contribution in [3.63, 3.8) is 0 Å². The van der Waals surface area contributed by atoms with Crippen LogP contribution in [-0.4, -0.2) is 36.6 Å². The monoisotopic (exact) mass is 249 g/mol. The number of hydrogen-bond acceptors (Lipinski definition) is 3. The van der Waals surface area contributed by atoms with E-state index in [0.29, 0.717) is 11.3 Å². The molecule has 2 aliphatic rings. The predicted molar refractivity (Wildman–Crippen MR) is 74.2 cm³/mol. The van der Waals surface area contributed by atoms with Gasteiger partial charge < -0.3 is 5.32 Å². The Kier molecular flexibility index (Phi) is 3.99. The predicted octanol–water partition coefficient (Wildman–Crippen LogP) is 2.39. The average Bonchev–Trinajstić information content (AvgIpc) is 2.54. The van der Waals surface area contributed by atoms with Crippen molar-refractivity contribution in [1.29, 1.82) is 5.26 Å². The highest BCUT2D eigenvalue weighted by Gasteiger charge is 2.46. The van der Waals surface area contributed by atoms with Crippen molar-refractivity contribution in [2.75, 3.05) is 26.2 Å². The second-order valence-electron chi connectivity index (χ2n) is 7.09. The molecule has 2 unspecified atom stereocenters. The molecule has 2 atom stereocenters. The molecular weight excluding hydrogens is 222 g/mol. The van der Waals surface area contributed by atoms with Crippen LogP contribution in [0.4, 0.5) is 0 Å². The number of nitrogens with zero attached hydrogens (tertiary/aromatic N) is 2. The molecule has 0 aromatic rings. The summed E-state index contributed by atoms with van der Waals surface area (Å²) in [7, 11) is 0. The molecule has 3 nitrogen and oxygen atoms in total. The van der Waals surface area contributed by atoms with Gasteiger partial charge in [-0.25, -0.2) is 0 Å². The molecule has 0 bridgehead atoms. The van der Waals surface area contributed by atoms with Crippen molar-refractivity contribution < 1.29 is 0 Å². The van der Waals surface area contributed by atoms with Gasteiger partial charge in [-0.3, -0.25) is 4.90 Å². The van der Waals surface area contributed by atoms with Crippen molar-refractivity contribution in [3.8, 4) is 6.07 Å². The second kappa shape index (κ2) is 5.19. The van der Waals surface area contributed by atoms with Gasteiger partial charge in [0, 0.05) is 19.6 Å². The summed E-state index contributed by atoms with van der Waals surface area (Å²) in [5, 5.41) is 13.3. The fourth-order valence-corrected chi connectivity index (χ4v) is 4.20. The van der Waals surface area contributed by atoms with Crippen molar-refractivity contribution in [2.45, 2.75) is 52.0 Å². The lowest BCUT2D eigenvalue weighted by molar-refractivity contribution is 0.0240. The Balaban J connectivity index is 2.20. The molecular formula is C15H27N3. The summed E-state index contributed by atoms with van der Waals surface area (Å²) in [6.45, 7) is 11.2. The molecule has 0 radical (unpaired) electrons. The molecule has 1 aliphatic heterocycles. The Morgan fingerprint density at radius 1 is 1.22 bits per heavy atom. The Labute approximate surface area is 112 Å². The molecule has 0 amide bonds. The van der Waals surface area contributed by atoms with Gasteiger partial charge in [-0.2, -0.15) is 5.26 Å². The maximum absolute atomic E-state index is 9.82. The Morgan fingerprint density at radius 2 is 2.00 bits per heavy atom. The molecule has 1 N–H and O–H groups in total. The average molecular weight is 249 g/mol. The fraction of sp³-hybridized carbons (Fsp3) is 0.933. The highest BCUT2D eigenvalue weighted by atomic mass is 15.2. The fourth-order valence-electron chi connectivity index (χ4n) is 4.20. The maximum Gasteiger partial charge on any atom is 0.110 e. The minimum atomic E-state index is -0.215. The van der Waals surface area contributed by atoms with Crippen molar-refractivity contribution in [3.05, 3.63) is 0 Å². The molecule has 0 spiro atoms. The van der Waals surface area contributed by atoms with Gasteiger partial charge >= 0.3 is 0 Å². The third kappa shape index (κ3) is 2.87. The van der Waals surface area contributed by atoms with Gasteiger partial charge in [0.1, 0.15) is 5.54 Å². The third-order valence-electron chi connectivity index (χ3n) is 4.51. The van der Waals surface area contributed by atoms with Crippen molar-refractivity contribution in [1.82, 2.24) is 10.2 Å². The summed E-state index contributed by atoms with van der Waals surface area (Å²) in [5.41, 5.74) is 0.0836. The van der Waals surface area contributed by atoms with Gasteiger partial charge in [0.2, 0.25) is 0 Å². The Bertz CT molecular complexity index is 323. The summed E-state index contributed by atoms with van der Waals surface area (Å²) in [5.74, 6) is 0.657. The standard InChI is InChI=1S/C15H27N3/c1-13-9-14(2,3)11-15(10-13,12-16)18-7-4-5-17-6-8-18/h13,17H,4-11H2,1-3H3. The zero-order chi connectivity index (χ0) is 13.2. The number of rotatable bonds is 1. The largest absolute Gasteiger partial charge is 0.315 e. The minimum absolute atomic E-state index is 0.215. The molecule has 2 fully saturated rings. The molecule has 2 rings (SSSR count). The first kappa shape index (κ1) is 13.8. The van der Waals surface area contributed by atoms with E-state index in [-0.39, 0.29) is 5.54 Å². The van der Waals surface area contributed by atoms with Gasteiger partial charge in [-0.15, -0.1) is 0 Å². The lowest BCUT2D eigenvalue weighted by Crippen LogP contribution is -2.55. The second-order valence-corrected chi connectivity index (χ2v) is 7.09. The van der Waals surface area contributed by atoms with Crippen LogP contribution in [0.3, 0.4) is 0 Å². The quantitative estimate of drug-likeness (QED) is 0.775. The third-order valence-corrected chi connectivity index (χ3v) is 4.51. The van der Waals surface area contributed by atoms with Gasteiger partial charge in [0.25, 0.3) is 0 Å². The molecule has 1 aliphatic carbocycles. The van der Waals surface area contributed by atoms with Crippen LogP contribution in [0.15, 0.2) is 0 Å². The zero-order valence-corrected chi connectivity index (χ0v) is 12.1. The molecule has 1 heterocycles. The topological polar surface area (TPSA) is 39.1 Å². The van der Waals surface area contributed by atoms with E-state index in [4.69, 9.17) is 0 Å². The van der Waals surface area contributed by atoms with E-state index in [9.17, 15) is 5.26 Å². The molecule has 1 saturated carbocycles. The summed E-state index contributed by atoms with van der Waals surface area (Å²) in [6.07, 6.45) is 4.49. The van der Waals surface area contributed by atoms with E-state index in [0.717, 1.165) is 45.4 Å². The van der Waals surface area contributed by atoms with E-state index in [1.165, 1.54) is 6.42 Å². The number of nitriles is 1. The van der Waals surface area contributed by atoms with Crippen molar-refractivity contribution in [2.24, 2.45) is 11.3 Å². The van der Waals surface area contributed by atoms with Gasteiger partial charge in [0.15, 0.2) is 0 Å². The number of nitrogens with one attached hydrogen (secondary N) is 1. The first-order valence-electron chi connectivity index (χ1n) is 7.34. The molecule has 3 heteroatoms. The SMILES string of the molecule is CC1CC(C)(C)CC(C#N)(N2CCCNCC2)C1. The molecule has 102 valence electrons. The highest BCUT2D eigenvalue weighted by molar-refractivity contribution is 5.13. The van der Waals surface area contributed by atoms with E-state index in [2.05, 4.69) is 37.1 Å². The normalized spacial score (nSPS) is 37.8. The van der Waals surface area contributed by atoms with Crippen LogP contribution in [0.2, 0.25) is 0 Å². The zero-order valence-electron chi connectivity index (χ0n) is 12.1. The lowest BCUT2D eigenvalue weighted by atomic mass is 9.64. The highest BCUT2D eigenvalue weighted by Crippen LogP contribution is 2.46. The summed E-state index contributed by atoms with van der Waals surface area (Å²) >= 11 is 0. The van der Waals surface area contributed by atoms with Gasteiger partial charge in [-0.05, 0) is 43.6 Å². The van der Waals surface area contributed by atoms with Crippen LogP contribution >= 0.6 is 0 Å². The Hall–Kier alpha value is -0.590. The van der Waals surface area contributed by atoms with E-state index < -0.39 is 0 Å². The van der Waals surface area contributed by atoms with Crippen LogP contribution < -0.4 is 5.32 Å². The maximum atomic E-state index is 9.82. The molecule has 18 heavy (non-hydrogen) atoms. The van der Waals surface area contributed by atoms with Crippen LogP contribution in [0.1, 0.15) is 46.5 Å². The molecule has 0 aromatic heterocycles. The smallest absolute Gasteiger partial charge is 0.110 e.